The molecule has 0 saturated carbocycles. The summed E-state index contributed by atoms with van der Waals surface area (Å²) in [6.45, 7) is 6.23. The molecular formula is C16H32N2O. The molecule has 0 amide bonds. The van der Waals surface area contributed by atoms with Gasteiger partial charge in [-0.2, -0.15) is 0 Å². The summed E-state index contributed by atoms with van der Waals surface area (Å²) in [6.07, 6.45) is 9.90. The van der Waals surface area contributed by atoms with E-state index < -0.39 is 0 Å². The van der Waals surface area contributed by atoms with Crippen molar-refractivity contribution in [1.82, 2.24) is 9.80 Å². The summed E-state index contributed by atoms with van der Waals surface area (Å²) in [5.74, 6) is 1.96. The molecule has 0 aromatic heterocycles. The minimum Gasteiger partial charge on any atom is -0.395 e. The average Bonchev–Trinajstić information content (AvgIpc) is 2.43. The van der Waals surface area contributed by atoms with Gasteiger partial charge in [0.05, 0.1) is 6.61 Å². The SMILES string of the molecule is CN1CCC(CCCC2CCN(CCO)CC2)CC1. The largest absolute Gasteiger partial charge is 0.395 e. The number of hydrogen-bond acceptors (Lipinski definition) is 3. The molecule has 0 aromatic carbocycles. The standard InChI is InChI=1S/C16H32N2O/c1-17-9-5-15(6-10-17)3-2-4-16-7-11-18(12-8-16)13-14-19/h15-16,19H,2-14H2,1H3. The molecule has 0 aliphatic carbocycles. The van der Waals surface area contributed by atoms with E-state index in [1.165, 1.54) is 71.1 Å². The fourth-order valence-electron chi connectivity index (χ4n) is 3.69. The van der Waals surface area contributed by atoms with Gasteiger partial charge in [-0.05, 0) is 70.7 Å². The van der Waals surface area contributed by atoms with E-state index in [0.29, 0.717) is 6.61 Å². The van der Waals surface area contributed by atoms with Crippen molar-refractivity contribution in [1.29, 1.82) is 0 Å². The monoisotopic (exact) mass is 268 g/mol. The van der Waals surface area contributed by atoms with E-state index >= 15 is 0 Å². The lowest BCUT2D eigenvalue weighted by atomic mass is 9.87. The summed E-state index contributed by atoms with van der Waals surface area (Å²) in [7, 11) is 2.25. The zero-order chi connectivity index (χ0) is 13.5. The lowest BCUT2D eigenvalue weighted by molar-refractivity contribution is 0.141. The Kier molecular flexibility index (Phi) is 6.62. The Morgan fingerprint density at radius 3 is 1.95 bits per heavy atom. The lowest BCUT2D eigenvalue weighted by Crippen LogP contribution is -2.35. The third-order valence-corrected chi connectivity index (χ3v) is 5.19. The molecule has 0 radical (unpaired) electrons. The maximum atomic E-state index is 8.94. The van der Waals surface area contributed by atoms with Crippen molar-refractivity contribution < 1.29 is 5.11 Å². The first-order valence-electron chi connectivity index (χ1n) is 8.29. The second-order valence-corrected chi connectivity index (χ2v) is 6.69. The van der Waals surface area contributed by atoms with Crippen LogP contribution in [0.15, 0.2) is 0 Å². The van der Waals surface area contributed by atoms with Crippen LogP contribution in [0.3, 0.4) is 0 Å². The van der Waals surface area contributed by atoms with Gasteiger partial charge in [-0.15, -0.1) is 0 Å². The van der Waals surface area contributed by atoms with Gasteiger partial charge in [-0.1, -0.05) is 19.3 Å². The van der Waals surface area contributed by atoms with Gasteiger partial charge in [-0.25, -0.2) is 0 Å². The Balaban J connectivity index is 1.52. The molecule has 0 spiro atoms. The maximum absolute atomic E-state index is 8.94. The molecule has 3 nitrogen and oxygen atoms in total. The fraction of sp³-hybridized carbons (Fsp3) is 1.00. The number of aliphatic hydroxyl groups excluding tert-OH is 1. The van der Waals surface area contributed by atoms with E-state index in [0.717, 1.165) is 18.4 Å². The van der Waals surface area contributed by atoms with Gasteiger partial charge in [-0.3, -0.25) is 0 Å². The van der Waals surface area contributed by atoms with Crippen LogP contribution in [-0.4, -0.2) is 61.3 Å². The molecule has 19 heavy (non-hydrogen) atoms. The zero-order valence-electron chi connectivity index (χ0n) is 12.7. The first-order valence-corrected chi connectivity index (χ1v) is 8.29. The van der Waals surface area contributed by atoms with Crippen LogP contribution in [0.1, 0.15) is 44.9 Å². The summed E-state index contributed by atoms with van der Waals surface area (Å²) < 4.78 is 0. The minimum absolute atomic E-state index is 0.320. The van der Waals surface area contributed by atoms with Crippen LogP contribution < -0.4 is 0 Å². The van der Waals surface area contributed by atoms with Gasteiger partial charge in [0.25, 0.3) is 0 Å². The normalized spacial score (nSPS) is 24.9. The smallest absolute Gasteiger partial charge is 0.0558 e. The Labute approximate surface area is 119 Å². The fourth-order valence-corrected chi connectivity index (χ4v) is 3.69. The molecule has 0 atom stereocenters. The third-order valence-electron chi connectivity index (χ3n) is 5.19. The van der Waals surface area contributed by atoms with E-state index in [1.54, 1.807) is 0 Å². The van der Waals surface area contributed by atoms with Crippen LogP contribution >= 0.6 is 0 Å². The van der Waals surface area contributed by atoms with Crippen LogP contribution in [-0.2, 0) is 0 Å². The predicted octanol–water partition coefficient (Wildman–Crippen LogP) is 2.20. The van der Waals surface area contributed by atoms with E-state index in [2.05, 4.69) is 16.8 Å². The molecule has 2 rings (SSSR count). The lowest BCUT2D eigenvalue weighted by Gasteiger charge is -2.32. The molecule has 0 aromatic rings. The highest BCUT2D eigenvalue weighted by Gasteiger charge is 2.20. The number of hydrogen-bond donors (Lipinski definition) is 1. The number of β-amino-alcohol motifs (C(OH)–C–C–N with tert-alkyl or cyclic N) is 1. The Hall–Kier alpha value is -0.120. The van der Waals surface area contributed by atoms with Crippen LogP contribution in [0.5, 0.6) is 0 Å². The predicted molar refractivity (Wildman–Crippen MR) is 80.3 cm³/mol. The number of aliphatic hydroxyl groups is 1. The summed E-state index contributed by atoms with van der Waals surface area (Å²) >= 11 is 0. The van der Waals surface area contributed by atoms with Crippen molar-refractivity contribution in [2.24, 2.45) is 11.8 Å². The van der Waals surface area contributed by atoms with Gasteiger partial charge >= 0.3 is 0 Å². The topological polar surface area (TPSA) is 26.7 Å². The van der Waals surface area contributed by atoms with Crippen molar-refractivity contribution in [3.05, 3.63) is 0 Å². The van der Waals surface area contributed by atoms with E-state index in [4.69, 9.17) is 5.11 Å². The number of nitrogens with zero attached hydrogens (tertiary/aromatic N) is 2. The van der Waals surface area contributed by atoms with Gasteiger partial charge in [0.15, 0.2) is 0 Å². The second-order valence-electron chi connectivity index (χ2n) is 6.69. The van der Waals surface area contributed by atoms with Crippen LogP contribution in [0.25, 0.3) is 0 Å². The second kappa shape index (κ2) is 8.23. The molecule has 2 aliphatic rings. The zero-order valence-corrected chi connectivity index (χ0v) is 12.7. The molecule has 2 aliphatic heterocycles. The van der Waals surface area contributed by atoms with Crippen molar-refractivity contribution in [2.75, 3.05) is 46.4 Å². The van der Waals surface area contributed by atoms with Crippen LogP contribution in [0.2, 0.25) is 0 Å². The minimum atomic E-state index is 0.320. The quantitative estimate of drug-likeness (QED) is 0.800. The van der Waals surface area contributed by atoms with E-state index in [-0.39, 0.29) is 0 Å². The van der Waals surface area contributed by atoms with Gasteiger partial charge in [0.1, 0.15) is 0 Å². The number of piperidine rings is 2. The van der Waals surface area contributed by atoms with Crippen molar-refractivity contribution in [3.8, 4) is 0 Å². The van der Waals surface area contributed by atoms with E-state index in [9.17, 15) is 0 Å². The van der Waals surface area contributed by atoms with Crippen molar-refractivity contribution in [2.45, 2.75) is 44.9 Å². The van der Waals surface area contributed by atoms with Crippen molar-refractivity contribution >= 4 is 0 Å². The molecule has 112 valence electrons. The first-order chi connectivity index (χ1) is 9.28. The van der Waals surface area contributed by atoms with Gasteiger partial charge < -0.3 is 14.9 Å². The highest BCUT2D eigenvalue weighted by molar-refractivity contribution is 4.74. The number of likely N-dealkylation sites (tertiary alicyclic amines) is 2. The molecule has 0 unspecified atom stereocenters. The molecule has 0 bridgehead atoms. The Morgan fingerprint density at radius 2 is 1.42 bits per heavy atom. The molecule has 2 heterocycles. The van der Waals surface area contributed by atoms with Crippen LogP contribution in [0, 0.1) is 11.8 Å². The molecule has 2 fully saturated rings. The van der Waals surface area contributed by atoms with Crippen molar-refractivity contribution in [3.63, 3.8) is 0 Å². The number of rotatable bonds is 6. The molecule has 2 saturated heterocycles. The summed E-state index contributed by atoms with van der Waals surface area (Å²) in [6, 6.07) is 0. The highest BCUT2D eigenvalue weighted by Crippen LogP contribution is 2.26. The summed E-state index contributed by atoms with van der Waals surface area (Å²) in [4.78, 5) is 4.88. The summed E-state index contributed by atoms with van der Waals surface area (Å²) in [5.41, 5.74) is 0. The Morgan fingerprint density at radius 1 is 0.895 bits per heavy atom. The Bertz CT molecular complexity index is 231. The highest BCUT2D eigenvalue weighted by atomic mass is 16.3. The third kappa shape index (κ3) is 5.41. The maximum Gasteiger partial charge on any atom is 0.0558 e. The first kappa shape index (κ1) is 15.3. The molecular weight excluding hydrogens is 236 g/mol. The van der Waals surface area contributed by atoms with E-state index in [1.807, 2.05) is 0 Å². The van der Waals surface area contributed by atoms with Crippen LogP contribution in [0.4, 0.5) is 0 Å². The van der Waals surface area contributed by atoms with Gasteiger partial charge in [0, 0.05) is 6.54 Å². The molecule has 3 heteroatoms. The molecule has 1 N–H and O–H groups in total. The average molecular weight is 268 g/mol. The summed E-state index contributed by atoms with van der Waals surface area (Å²) in [5, 5.41) is 8.94. The van der Waals surface area contributed by atoms with Gasteiger partial charge in [0.2, 0.25) is 0 Å².